The van der Waals surface area contributed by atoms with E-state index in [1.165, 1.54) is 36.2 Å². The molecule has 1 aliphatic heterocycles. The molecule has 1 saturated heterocycles. The zero-order valence-corrected chi connectivity index (χ0v) is 25.3. The number of hydrogen-bond donors (Lipinski definition) is 1. The minimum atomic E-state index is -4.79. The number of benzene rings is 1. The van der Waals surface area contributed by atoms with Gasteiger partial charge in [-0.25, -0.2) is 17.2 Å². The number of nitrogens with zero attached hydrogens (tertiary/aromatic N) is 3. The third kappa shape index (κ3) is 8.39. The summed E-state index contributed by atoms with van der Waals surface area (Å²) in [7, 11) is -2.00. The number of nitrogens with one attached hydrogen (secondary N) is 1. The fourth-order valence-corrected chi connectivity index (χ4v) is 5.90. The summed E-state index contributed by atoms with van der Waals surface area (Å²) in [4.78, 5) is 28.6. The molecule has 9 nitrogen and oxygen atoms in total. The summed E-state index contributed by atoms with van der Waals surface area (Å²) >= 11 is 6.35. The predicted octanol–water partition coefficient (Wildman–Crippen LogP) is 5.12. The standard InChI is InChI=1S/C27H36ClF3N4O5S/c1-6-41(38,39)35-12-8-9-19(35)15-32-24(36)18-13-22(27(29,30)31)21(23(28)14-18)17-34-11-7-10-20(16-34)33(5)25(37)40-26(2,3)4/h8-9,12-14,20H,6-7,10-11,15-17H2,1-5H3,(H,32,36)/t20-/m0/s1. The normalized spacial score (nSPS) is 16.9. The molecule has 1 fully saturated rings. The number of rotatable bonds is 8. The highest BCUT2D eigenvalue weighted by atomic mass is 35.5. The second kappa shape index (κ2) is 12.6. The van der Waals surface area contributed by atoms with E-state index < -0.39 is 39.4 Å². The lowest BCUT2D eigenvalue weighted by Crippen LogP contribution is -2.49. The fourth-order valence-electron chi connectivity index (χ4n) is 4.60. The van der Waals surface area contributed by atoms with E-state index >= 15 is 0 Å². The van der Waals surface area contributed by atoms with Crippen LogP contribution in [0.15, 0.2) is 30.5 Å². The maximum absolute atomic E-state index is 14.2. The van der Waals surface area contributed by atoms with Crippen LogP contribution in [0.3, 0.4) is 0 Å². The van der Waals surface area contributed by atoms with E-state index in [9.17, 15) is 31.2 Å². The molecule has 2 heterocycles. The van der Waals surface area contributed by atoms with E-state index in [0.29, 0.717) is 25.9 Å². The average Bonchev–Trinajstić information content (AvgIpc) is 3.36. The minimum absolute atomic E-state index is 0.128. The molecule has 1 aliphatic rings. The van der Waals surface area contributed by atoms with Crippen molar-refractivity contribution in [3.8, 4) is 0 Å². The molecular formula is C27H36ClF3N4O5S. The minimum Gasteiger partial charge on any atom is -0.444 e. The van der Waals surface area contributed by atoms with Crippen molar-refractivity contribution in [3.63, 3.8) is 0 Å². The van der Waals surface area contributed by atoms with Crippen molar-refractivity contribution in [2.75, 3.05) is 25.9 Å². The van der Waals surface area contributed by atoms with E-state index in [2.05, 4.69) is 5.32 Å². The molecule has 41 heavy (non-hydrogen) atoms. The van der Waals surface area contributed by atoms with Crippen LogP contribution in [-0.2, 0) is 34.0 Å². The molecule has 1 N–H and O–H groups in total. The molecule has 0 radical (unpaired) electrons. The number of aromatic nitrogens is 1. The Morgan fingerprint density at radius 2 is 1.90 bits per heavy atom. The second-order valence-electron chi connectivity index (χ2n) is 11.0. The van der Waals surface area contributed by atoms with Crippen molar-refractivity contribution >= 4 is 33.6 Å². The van der Waals surface area contributed by atoms with E-state index in [-0.39, 0.29) is 46.7 Å². The second-order valence-corrected chi connectivity index (χ2v) is 13.5. The van der Waals surface area contributed by atoms with E-state index in [1.807, 2.05) is 0 Å². The van der Waals surface area contributed by atoms with Crippen LogP contribution in [0.1, 0.15) is 67.7 Å². The van der Waals surface area contributed by atoms with Gasteiger partial charge < -0.3 is 15.0 Å². The van der Waals surface area contributed by atoms with Gasteiger partial charge in [-0.2, -0.15) is 13.2 Å². The highest BCUT2D eigenvalue weighted by Gasteiger charge is 2.37. The van der Waals surface area contributed by atoms with E-state index in [0.717, 1.165) is 10.0 Å². The third-order valence-corrected chi connectivity index (χ3v) is 8.76. The number of amides is 2. The number of hydrogen-bond acceptors (Lipinski definition) is 6. The third-order valence-electron chi connectivity index (χ3n) is 6.74. The van der Waals surface area contributed by atoms with E-state index in [4.69, 9.17) is 16.3 Å². The molecule has 1 aromatic carbocycles. The van der Waals surface area contributed by atoms with Crippen LogP contribution in [0.25, 0.3) is 0 Å². The first-order valence-electron chi connectivity index (χ1n) is 13.2. The van der Waals surface area contributed by atoms with Gasteiger partial charge in [-0.05, 0) is 76.9 Å². The molecule has 0 saturated carbocycles. The maximum atomic E-state index is 14.2. The predicted molar refractivity (Wildman–Crippen MR) is 149 cm³/mol. The zero-order chi connectivity index (χ0) is 30.8. The van der Waals surface area contributed by atoms with Gasteiger partial charge in [-0.15, -0.1) is 0 Å². The largest absolute Gasteiger partial charge is 0.444 e. The van der Waals surface area contributed by atoms with Crippen molar-refractivity contribution < 1.29 is 35.9 Å². The fraction of sp³-hybridized carbons (Fsp3) is 0.556. The molecule has 3 rings (SSSR count). The molecular weight excluding hydrogens is 585 g/mol. The van der Waals surface area contributed by atoms with Gasteiger partial charge in [0, 0.05) is 43.0 Å². The van der Waals surface area contributed by atoms with Gasteiger partial charge in [0.2, 0.25) is 10.0 Å². The molecule has 0 unspecified atom stereocenters. The monoisotopic (exact) mass is 620 g/mol. The van der Waals surface area contributed by atoms with Crippen molar-refractivity contribution in [3.05, 3.63) is 57.9 Å². The highest BCUT2D eigenvalue weighted by molar-refractivity contribution is 7.89. The van der Waals surface area contributed by atoms with Gasteiger partial charge >= 0.3 is 12.3 Å². The molecule has 1 atom stereocenters. The summed E-state index contributed by atoms with van der Waals surface area (Å²) < 4.78 is 73.4. The Kier molecular flexibility index (Phi) is 10.1. The quantitative estimate of drug-likeness (QED) is 0.440. The first kappa shape index (κ1) is 32.7. The van der Waals surface area contributed by atoms with Crippen molar-refractivity contribution in [1.82, 2.24) is 19.1 Å². The summed E-state index contributed by atoms with van der Waals surface area (Å²) in [6, 6.07) is 4.67. The maximum Gasteiger partial charge on any atom is 0.416 e. The lowest BCUT2D eigenvalue weighted by atomic mass is 9.99. The lowest BCUT2D eigenvalue weighted by molar-refractivity contribution is -0.138. The van der Waals surface area contributed by atoms with Gasteiger partial charge in [0.25, 0.3) is 5.91 Å². The molecule has 14 heteroatoms. The number of ether oxygens (including phenoxy) is 1. The van der Waals surface area contributed by atoms with Gasteiger partial charge in [-0.3, -0.25) is 9.69 Å². The number of alkyl halides is 3. The van der Waals surface area contributed by atoms with Crippen LogP contribution < -0.4 is 5.32 Å². The average molecular weight is 621 g/mol. The summed E-state index contributed by atoms with van der Waals surface area (Å²) in [6.07, 6.45) is -2.62. The number of halogens is 4. The van der Waals surface area contributed by atoms with E-state index in [1.54, 1.807) is 32.7 Å². The number of carbonyl (C=O) groups excluding carboxylic acids is 2. The van der Waals surface area contributed by atoms with Crippen molar-refractivity contribution in [1.29, 1.82) is 0 Å². The van der Waals surface area contributed by atoms with Crippen LogP contribution in [0.2, 0.25) is 5.02 Å². The Balaban J connectivity index is 1.79. The Hall–Kier alpha value is -2.77. The number of piperidine rings is 1. The number of likely N-dealkylation sites (tertiary alicyclic amines) is 1. The van der Waals surface area contributed by atoms with Gasteiger partial charge in [0.15, 0.2) is 0 Å². The molecule has 228 valence electrons. The Labute approximate surface area is 243 Å². The van der Waals surface area contributed by atoms with Crippen LogP contribution in [0.4, 0.5) is 18.0 Å². The highest BCUT2D eigenvalue weighted by Crippen LogP contribution is 2.37. The van der Waals surface area contributed by atoms with Crippen LogP contribution in [-0.4, -0.2) is 71.7 Å². The molecule has 1 aromatic heterocycles. The van der Waals surface area contributed by atoms with Gasteiger partial charge in [-0.1, -0.05) is 11.6 Å². The summed E-state index contributed by atoms with van der Waals surface area (Å²) in [5.74, 6) is -0.994. The van der Waals surface area contributed by atoms with Gasteiger partial charge in [0.05, 0.1) is 23.6 Å². The summed E-state index contributed by atoms with van der Waals surface area (Å²) in [5.41, 5.74) is -1.92. The number of carbonyl (C=O) groups is 2. The Morgan fingerprint density at radius 1 is 1.22 bits per heavy atom. The summed E-state index contributed by atoms with van der Waals surface area (Å²) in [5, 5.41) is 2.26. The van der Waals surface area contributed by atoms with Gasteiger partial charge in [0.1, 0.15) is 5.60 Å². The van der Waals surface area contributed by atoms with Crippen LogP contribution in [0.5, 0.6) is 0 Å². The van der Waals surface area contributed by atoms with Crippen molar-refractivity contribution in [2.45, 2.75) is 71.4 Å². The van der Waals surface area contributed by atoms with Crippen LogP contribution in [0, 0.1) is 0 Å². The van der Waals surface area contributed by atoms with Crippen LogP contribution >= 0.6 is 11.6 Å². The Morgan fingerprint density at radius 3 is 2.51 bits per heavy atom. The zero-order valence-electron chi connectivity index (χ0n) is 23.7. The molecule has 2 aromatic rings. The molecule has 2 amide bonds. The number of likely N-dealkylation sites (N-methyl/N-ethyl adjacent to an activating group) is 1. The lowest BCUT2D eigenvalue weighted by Gasteiger charge is -2.38. The topological polar surface area (TPSA) is 101 Å². The first-order chi connectivity index (χ1) is 18.9. The Bertz CT molecular complexity index is 1370. The first-order valence-corrected chi connectivity index (χ1v) is 15.2. The molecule has 0 aliphatic carbocycles. The summed E-state index contributed by atoms with van der Waals surface area (Å²) in [6.45, 7) is 7.23. The smallest absolute Gasteiger partial charge is 0.416 e. The SMILES string of the molecule is CCS(=O)(=O)n1cccc1CNC(=O)c1cc(Cl)c(CN2CCC[C@H](N(C)C(=O)OC(C)(C)C)C2)c(C(F)(F)F)c1. The molecule has 0 bridgehead atoms. The molecule has 0 spiro atoms. The van der Waals surface area contributed by atoms with Crippen molar-refractivity contribution in [2.24, 2.45) is 0 Å².